The highest BCUT2D eigenvalue weighted by Crippen LogP contribution is 2.24. The van der Waals surface area contributed by atoms with Crippen LogP contribution in [0.25, 0.3) is 0 Å². The van der Waals surface area contributed by atoms with E-state index in [9.17, 15) is 4.79 Å². The molecule has 1 saturated heterocycles. The summed E-state index contributed by atoms with van der Waals surface area (Å²) in [4.78, 5) is 14.1. The summed E-state index contributed by atoms with van der Waals surface area (Å²) < 4.78 is 13.0. The van der Waals surface area contributed by atoms with Crippen LogP contribution in [0.5, 0.6) is 0 Å². The first-order valence-electron chi connectivity index (χ1n) is 7.27. The Hall–Kier alpha value is -2.28. The van der Waals surface area contributed by atoms with Crippen molar-refractivity contribution in [2.24, 2.45) is 7.05 Å². The number of amides is 2. The Labute approximate surface area is 128 Å². The zero-order valence-corrected chi connectivity index (χ0v) is 13.0. The number of carbonyl (C=O) groups is 1. The van der Waals surface area contributed by atoms with Gasteiger partial charge in [-0.15, -0.1) is 0 Å². The number of carbonyl (C=O) groups excluding carboxylic acids is 1. The number of anilines is 1. The van der Waals surface area contributed by atoms with E-state index in [1.165, 1.54) is 0 Å². The molecule has 0 aromatic carbocycles. The van der Waals surface area contributed by atoms with E-state index in [-0.39, 0.29) is 12.1 Å². The van der Waals surface area contributed by atoms with E-state index in [1.807, 2.05) is 39.1 Å². The number of rotatable bonds is 2. The van der Waals surface area contributed by atoms with Gasteiger partial charge in [-0.25, -0.2) is 4.79 Å². The van der Waals surface area contributed by atoms with Crippen molar-refractivity contribution in [2.75, 3.05) is 25.0 Å². The Bertz CT molecular complexity index is 657. The van der Waals surface area contributed by atoms with E-state index in [4.69, 9.17) is 9.15 Å². The first-order valence-corrected chi connectivity index (χ1v) is 7.27. The van der Waals surface area contributed by atoms with E-state index in [2.05, 4.69) is 10.4 Å². The summed E-state index contributed by atoms with van der Waals surface area (Å²) in [5.74, 6) is 2.15. The first kappa shape index (κ1) is 14.6. The monoisotopic (exact) mass is 304 g/mol. The lowest BCUT2D eigenvalue weighted by molar-refractivity contribution is -0.0246. The second kappa shape index (κ2) is 5.84. The third-order valence-corrected chi connectivity index (χ3v) is 3.78. The molecule has 7 nitrogen and oxygen atoms in total. The molecule has 2 aromatic rings. The van der Waals surface area contributed by atoms with Crippen molar-refractivity contribution in [1.29, 1.82) is 0 Å². The molecule has 0 saturated carbocycles. The van der Waals surface area contributed by atoms with E-state index in [0.29, 0.717) is 25.5 Å². The van der Waals surface area contributed by atoms with E-state index in [0.717, 1.165) is 17.2 Å². The molecule has 7 heteroatoms. The highest BCUT2D eigenvalue weighted by molar-refractivity contribution is 5.88. The summed E-state index contributed by atoms with van der Waals surface area (Å²) in [5.41, 5.74) is 0.987. The fourth-order valence-corrected chi connectivity index (χ4v) is 2.44. The molecule has 1 N–H and O–H groups in total. The van der Waals surface area contributed by atoms with Gasteiger partial charge in [-0.2, -0.15) is 5.10 Å². The van der Waals surface area contributed by atoms with Crippen LogP contribution >= 0.6 is 0 Å². The highest BCUT2D eigenvalue weighted by Gasteiger charge is 2.27. The van der Waals surface area contributed by atoms with Gasteiger partial charge in [0.25, 0.3) is 0 Å². The van der Waals surface area contributed by atoms with Crippen LogP contribution < -0.4 is 5.32 Å². The van der Waals surface area contributed by atoms with Crippen LogP contribution in [0.4, 0.5) is 10.6 Å². The largest absolute Gasteiger partial charge is 0.464 e. The second-order valence-electron chi connectivity index (χ2n) is 5.48. The lowest BCUT2D eigenvalue weighted by Gasteiger charge is -2.31. The van der Waals surface area contributed by atoms with Crippen molar-refractivity contribution >= 4 is 11.8 Å². The summed E-state index contributed by atoms with van der Waals surface area (Å²) in [6.07, 6.45) is -0.223. The molecule has 0 radical (unpaired) electrons. The molecule has 22 heavy (non-hydrogen) atoms. The molecule has 1 aliphatic rings. The Morgan fingerprint density at radius 1 is 1.41 bits per heavy atom. The predicted molar refractivity (Wildman–Crippen MR) is 80.7 cm³/mol. The minimum Gasteiger partial charge on any atom is -0.464 e. The minimum absolute atomic E-state index is 0.172. The van der Waals surface area contributed by atoms with E-state index in [1.54, 1.807) is 9.58 Å². The molecule has 2 amide bonds. The maximum atomic E-state index is 12.3. The van der Waals surface area contributed by atoms with Crippen LogP contribution in [-0.4, -0.2) is 40.4 Å². The highest BCUT2D eigenvalue weighted by atomic mass is 16.5. The van der Waals surface area contributed by atoms with E-state index < -0.39 is 0 Å². The number of morpholine rings is 1. The molecule has 1 fully saturated rings. The number of nitrogens with one attached hydrogen (secondary N) is 1. The van der Waals surface area contributed by atoms with Gasteiger partial charge in [0.05, 0.1) is 13.2 Å². The molecule has 2 aromatic heterocycles. The van der Waals surface area contributed by atoms with Crippen molar-refractivity contribution < 1.29 is 13.9 Å². The van der Waals surface area contributed by atoms with Gasteiger partial charge < -0.3 is 14.1 Å². The maximum Gasteiger partial charge on any atom is 0.323 e. The summed E-state index contributed by atoms with van der Waals surface area (Å²) in [6, 6.07) is 5.46. The number of hydrogen-bond acceptors (Lipinski definition) is 4. The van der Waals surface area contributed by atoms with Crippen LogP contribution in [0.3, 0.4) is 0 Å². The minimum atomic E-state index is -0.223. The quantitative estimate of drug-likeness (QED) is 0.923. The number of hydrogen-bond donors (Lipinski definition) is 1. The van der Waals surface area contributed by atoms with Gasteiger partial charge in [-0.1, -0.05) is 0 Å². The molecule has 118 valence electrons. The lowest BCUT2D eigenvalue weighted by Crippen LogP contribution is -2.44. The van der Waals surface area contributed by atoms with Crippen LogP contribution in [0, 0.1) is 13.8 Å². The normalized spacial score (nSPS) is 18.5. The average Bonchev–Trinajstić information content (AvgIpc) is 3.06. The molecule has 0 aliphatic carbocycles. The SMILES string of the molecule is Cc1ccc([C@@H]2CN(C(=O)Nc3cc(C)n(C)n3)CCO2)o1. The van der Waals surface area contributed by atoms with E-state index >= 15 is 0 Å². The van der Waals surface area contributed by atoms with Gasteiger partial charge in [0.15, 0.2) is 5.82 Å². The number of urea groups is 1. The molecular formula is C15H20N4O3. The second-order valence-corrected chi connectivity index (χ2v) is 5.48. The lowest BCUT2D eigenvalue weighted by atomic mass is 10.2. The third kappa shape index (κ3) is 2.99. The number of furan rings is 1. The predicted octanol–water partition coefficient (Wildman–Crippen LogP) is 2.24. The van der Waals surface area contributed by atoms with Crippen molar-refractivity contribution in [3.8, 4) is 0 Å². The molecular weight excluding hydrogens is 284 g/mol. The molecule has 3 rings (SSSR count). The molecule has 1 aliphatic heterocycles. The van der Waals surface area contributed by atoms with Gasteiger partial charge in [-0.05, 0) is 26.0 Å². The van der Waals surface area contributed by atoms with Crippen LogP contribution in [-0.2, 0) is 11.8 Å². The van der Waals surface area contributed by atoms with Crippen molar-refractivity contribution in [3.05, 3.63) is 35.4 Å². The van der Waals surface area contributed by atoms with Gasteiger partial charge in [-0.3, -0.25) is 10.00 Å². The Balaban J connectivity index is 1.65. The van der Waals surface area contributed by atoms with Crippen LogP contribution in [0.1, 0.15) is 23.3 Å². The molecule has 1 atom stereocenters. The smallest absolute Gasteiger partial charge is 0.323 e. The maximum absolute atomic E-state index is 12.3. The van der Waals surface area contributed by atoms with Crippen molar-refractivity contribution in [3.63, 3.8) is 0 Å². The van der Waals surface area contributed by atoms with Crippen molar-refractivity contribution in [2.45, 2.75) is 20.0 Å². The Kier molecular flexibility index (Phi) is 3.89. The summed E-state index contributed by atoms with van der Waals surface area (Å²) in [6.45, 7) is 5.32. The standard InChI is InChI=1S/C15H20N4O3/c1-10-8-14(17-18(10)3)16-15(20)19-6-7-21-13(9-19)12-5-4-11(2)22-12/h4-5,8,13H,6-7,9H2,1-3H3,(H,16,17,20)/t13-/m0/s1. The van der Waals surface area contributed by atoms with Crippen LogP contribution in [0.2, 0.25) is 0 Å². The van der Waals surface area contributed by atoms with Gasteiger partial charge in [0.2, 0.25) is 0 Å². The zero-order chi connectivity index (χ0) is 15.7. The van der Waals surface area contributed by atoms with Gasteiger partial charge >= 0.3 is 6.03 Å². The summed E-state index contributed by atoms with van der Waals surface area (Å²) >= 11 is 0. The number of ether oxygens (including phenoxy) is 1. The number of nitrogens with zero attached hydrogens (tertiary/aromatic N) is 3. The average molecular weight is 304 g/mol. The number of aromatic nitrogens is 2. The fourth-order valence-electron chi connectivity index (χ4n) is 2.44. The van der Waals surface area contributed by atoms with Gasteiger partial charge in [0.1, 0.15) is 17.6 Å². The summed E-state index contributed by atoms with van der Waals surface area (Å²) in [5, 5.41) is 7.05. The molecule has 3 heterocycles. The number of aryl methyl sites for hydroxylation is 3. The third-order valence-electron chi connectivity index (χ3n) is 3.78. The van der Waals surface area contributed by atoms with Crippen LogP contribution in [0.15, 0.2) is 22.6 Å². The first-order chi connectivity index (χ1) is 10.5. The Morgan fingerprint density at radius 2 is 2.23 bits per heavy atom. The summed E-state index contributed by atoms with van der Waals surface area (Å²) in [7, 11) is 1.84. The fraction of sp³-hybridized carbons (Fsp3) is 0.467. The molecule has 0 spiro atoms. The van der Waals surface area contributed by atoms with Gasteiger partial charge in [0, 0.05) is 25.4 Å². The molecule has 0 bridgehead atoms. The topological polar surface area (TPSA) is 72.5 Å². The zero-order valence-electron chi connectivity index (χ0n) is 13.0. The molecule has 0 unspecified atom stereocenters. The Morgan fingerprint density at radius 3 is 2.86 bits per heavy atom. The van der Waals surface area contributed by atoms with Crippen molar-refractivity contribution in [1.82, 2.24) is 14.7 Å².